The van der Waals surface area contributed by atoms with Gasteiger partial charge in [-0.3, -0.25) is 4.79 Å². The van der Waals surface area contributed by atoms with Gasteiger partial charge in [0, 0.05) is 0 Å². The molecule has 0 aromatic heterocycles. The normalized spacial score (nSPS) is 24.7. The van der Waals surface area contributed by atoms with Gasteiger partial charge in [-0.25, -0.2) is 0 Å². The Morgan fingerprint density at radius 1 is 1.42 bits per heavy atom. The lowest BCUT2D eigenvalue weighted by molar-refractivity contribution is -0.129. The van der Waals surface area contributed by atoms with E-state index >= 15 is 0 Å². The third-order valence-electron chi connectivity index (χ3n) is 3.81. The van der Waals surface area contributed by atoms with Gasteiger partial charge in [0.2, 0.25) is 5.91 Å². The van der Waals surface area contributed by atoms with E-state index in [9.17, 15) is 9.90 Å². The van der Waals surface area contributed by atoms with Gasteiger partial charge in [0.1, 0.15) is 0 Å². The lowest BCUT2D eigenvalue weighted by Gasteiger charge is -2.34. The van der Waals surface area contributed by atoms with Crippen LogP contribution in [0.5, 0.6) is 0 Å². The topological polar surface area (TPSA) is 61.4 Å². The highest BCUT2D eigenvalue weighted by molar-refractivity contribution is 5.86. The summed E-state index contributed by atoms with van der Waals surface area (Å²) >= 11 is 0. The van der Waals surface area contributed by atoms with E-state index in [4.69, 9.17) is 0 Å². The largest absolute Gasteiger partial charge is 0.394 e. The quantitative estimate of drug-likeness (QED) is 0.768. The summed E-state index contributed by atoms with van der Waals surface area (Å²) in [4.78, 5) is 12.4. The van der Waals surface area contributed by atoms with Gasteiger partial charge in [-0.15, -0.1) is 0 Å². The van der Waals surface area contributed by atoms with E-state index in [0.29, 0.717) is 0 Å². The van der Waals surface area contributed by atoms with Gasteiger partial charge in [0.25, 0.3) is 0 Å². The number of piperidine rings is 1. The number of aliphatic hydroxyl groups is 1. The summed E-state index contributed by atoms with van der Waals surface area (Å²) in [6.07, 6.45) is 3.02. The highest BCUT2D eigenvalue weighted by atomic mass is 16.3. The molecule has 1 aliphatic heterocycles. The van der Waals surface area contributed by atoms with Gasteiger partial charge in [-0.2, -0.15) is 0 Å². The van der Waals surface area contributed by atoms with Crippen LogP contribution in [0.2, 0.25) is 0 Å². The first-order chi connectivity index (χ1) is 9.15. The van der Waals surface area contributed by atoms with E-state index in [1.54, 1.807) is 0 Å². The second kappa shape index (κ2) is 6.17. The molecule has 4 nitrogen and oxygen atoms in total. The zero-order valence-corrected chi connectivity index (χ0v) is 11.4. The summed E-state index contributed by atoms with van der Waals surface area (Å²) in [5.74, 6) is -0.0323. The number of benzene rings is 1. The number of amides is 1. The molecule has 0 spiro atoms. The minimum absolute atomic E-state index is 0.0323. The van der Waals surface area contributed by atoms with Crippen LogP contribution in [-0.4, -0.2) is 29.7 Å². The van der Waals surface area contributed by atoms with Gasteiger partial charge in [-0.05, 0) is 38.3 Å². The van der Waals surface area contributed by atoms with Crippen molar-refractivity contribution in [2.24, 2.45) is 0 Å². The van der Waals surface area contributed by atoms with Crippen molar-refractivity contribution in [3.05, 3.63) is 35.9 Å². The van der Waals surface area contributed by atoms with Crippen molar-refractivity contribution in [3.8, 4) is 0 Å². The third-order valence-corrected chi connectivity index (χ3v) is 3.81. The van der Waals surface area contributed by atoms with E-state index in [1.807, 2.05) is 37.3 Å². The maximum atomic E-state index is 12.4. The number of hydrogen-bond donors (Lipinski definition) is 3. The maximum absolute atomic E-state index is 12.4. The summed E-state index contributed by atoms with van der Waals surface area (Å²) in [5, 5.41) is 15.7. The summed E-state index contributed by atoms with van der Waals surface area (Å²) in [6.45, 7) is 2.71. The second-order valence-corrected chi connectivity index (χ2v) is 5.34. The number of carbonyl (C=O) groups excluding carboxylic acids is 1. The molecule has 104 valence electrons. The smallest absolute Gasteiger partial charge is 0.240 e. The Hall–Kier alpha value is -1.39. The minimum Gasteiger partial charge on any atom is -0.394 e. The monoisotopic (exact) mass is 262 g/mol. The minimum atomic E-state index is -0.513. The lowest BCUT2D eigenvalue weighted by Crippen LogP contribution is -2.57. The summed E-state index contributed by atoms with van der Waals surface area (Å²) in [7, 11) is 0. The molecule has 3 N–H and O–H groups in total. The number of hydrogen-bond acceptors (Lipinski definition) is 3. The predicted molar refractivity (Wildman–Crippen MR) is 74.7 cm³/mol. The van der Waals surface area contributed by atoms with E-state index in [0.717, 1.165) is 31.4 Å². The predicted octanol–water partition coefficient (Wildman–Crippen LogP) is 1.37. The van der Waals surface area contributed by atoms with Crippen molar-refractivity contribution in [1.29, 1.82) is 0 Å². The fourth-order valence-electron chi connectivity index (χ4n) is 2.49. The van der Waals surface area contributed by atoms with Gasteiger partial charge in [-0.1, -0.05) is 30.3 Å². The van der Waals surface area contributed by atoms with Crippen LogP contribution in [0.25, 0.3) is 0 Å². The third kappa shape index (κ3) is 3.33. The molecule has 19 heavy (non-hydrogen) atoms. The first-order valence-electron chi connectivity index (χ1n) is 6.87. The summed E-state index contributed by atoms with van der Waals surface area (Å²) < 4.78 is 0. The lowest BCUT2D eigenvalue weighted by atomic mass is 9.89. The highest BCUT2D eigenvalue weighted by Crippen LogP contribution is 2.21. The molecule has 2 rings (SSSR count). The molecule has 1 amide bonds. The fraction of sp³-hybridized carbons (Fsp3) is 0.533. The molecular formula is C15H22N2O2. The zero-order valence-electron chi connectivity index (χ0n) is 11.4. The molecule has 4 heteroatoms. The van der Waals surface area contributed by atoms with Crippen LogP contribution in [0.3, 0.4) is 0 Å². The van der Waals surface area contributed by atoms with Gasteiger partial charge >= 0.3 is 0 Å². The van der Waals surface area contributed by atoms with Gasteiger partial charge in [0.15, 0.2) is 0 Å². The van der Waals surface area contributed by atoms with Crippen molar-refractivity contribution >= 4 is 5.91 Å². The van der Waals surface area contributed by atoms with Crippen LogP contribution in [0, 0.1) is 0 Å². The summed E-state index contributed by atoms with van der Waals surface area (Å²) in [5.41, 5.74) is 0.415. The highest BCUT2D eigenvalue weighted by Gasteiger charge is 2.35. The molecule has 1 saturated heterocycles. The van der Waals surface area contributed by atoms with Gasteiger partial charge in [0.05, 0.1) is 18.2 Å². The molecule has 2 atom stereocenters. The molecule has 1 aromatic rings. The Morgan fingerprint density at radius 3 is 2.74 bits per heavy atom. The second-order valence-electron chi connectivity index (χ2n) is 5.34. The van der Waals surface area contributed by atoms with Crippen LogP contribution in [-0.2, 0) is 4.79 Å². The SMILES string of the molecule is CC1(C(=O)N[C@@H](CO)c2ccccc2)CCCCN1. The first kappa shape index (κ1) is 14.0. The molecule has 0 saturated carbocycles. The Labute approximate surface area is 114 Å². The van der Waals surface area contributed by atoms with Gasteiger partial charge < -0.3 is 15.7 Å². The Balaban J connectivity index is 2.04. The molecule has 1 fully saturated rings. The van der Waals surface area contributed by atoms with E-state index in [1.165, 1.54) is 0 Å². The standard InChI is InChI=1S/C15H22N2O2/c1-15(9-5-6-10-16-15)14(19)17-13(11-18)12-7-3-2-4-8-12/h2-4,7-8,13,16,18H,5-6,9-11H2,1H3,(H,17,19)/t13-,15?/m0/s1. The van der Waals surface area contributed by atoms with E-state index in [2.05, 4.69) is 10.6 Å². The molecule has 1 heterocycles. The first-order valence-corrected chi connectivity index (χ1v) is 6.87. The van der Waals surface area contributed by atoms with Crippen LogP contribution in [0.4, 0.5) is 0 Å². The molecule has 0 bridgehead atoms. The Kier molecular flexibility index (Phi) is 4.56. The van der Waals surface area contributed by atoms with Crippen molar-refractivity contribution in [2.45, 2.75) is 37.8 Å². The van der Waals surface area contributed by atoms with E-state index < -0.39 is 5.54 Å². The number of nitrogens with one attached hydrogen (secondary N) is 2. The number of carbonyl (C=O) groups is 1. The average Bonchev–Trinajstić information content (AvgIpc) is 2.46. The molecule has 0 aliphatic carbocycles. The van der Waals surface area contributed by atoms with E-state index in [-0.39, 0.29) is 18.6 Å². The van der Waals surface area contributed by atoms with Crippen molar-refractivity contribution < 1.29 is 9.90 Å². The molecule has 1 unspecified atom stereocenters. The molecule has 0 radical (unpaired) electrons. The molecule has 1 aromatic carbocycles. The van der Waals surface area contributed by atoms with Crippen LogP contribution >= 0.6 is 0 Å². The maximum Gasteiger partial charge on any atom is 0.240 e. The van der Waals surface area contributed by atoms with Crippen molar-refractivity contribution in [2.75, 3.05) is 13.2 Å². The zero-order chi connectivity index (χ0) is 13.7. The van der Waals surface area contributed by atoms with Crippen molar-refractivity contribution in [1.82, 2.24) is 10.6 Å². The van der Waals surface area contributed by atoms with Crippen LogP contribution in [0.15, 0.2) is 30.3 Å². The van der Waals surface area contributed by atoms with Crippen molar-refractivity contribution in [3.63, 3.8) is 0 Å². The molecular weight excluding hydrogens is 240 g/mol. The number of aliphatic hydroxyl groups excluding tert-OH is 1. The Morgan fingerprint density at radius 2 is 2.16 bits per heavy atom. The Bertz CT molecular complexity index is 413. The molecule has 1 aliphatic rings. The fourth-order valence-corrected chi connectivity index (χ4v) is 2.49. The van der Waals surface area contributed by atoms with Crippen LogP contribution < -0.4 is 10.6 Å². The number of rotatable bonds is 4. The van der Waals surface area contributed by atoms with Crippen LogP contribution in [0.1, 0.15) is 37.8 Å². The summed E-state index contributed by atoms with van der Waals surface area (Å²) in [6, 6.07) is 9.23. The average molecular weight is 262 g/mol.